The number of nitrogens with zero attached hydrogens (tertiary/aromatic N) is 1. The van der Waals surface area contributed by atoms with Gasteiger partial charge in [-0.1, -0.05) is 33.6 Å². The summed E-state index contributed by atoms with van der Waals surface area (Å²) in [5.41, 5.74) is 1.19. The molecule has 0 radical (unpaired) electrons. The molecule has 2 aromatic rings. The van der Waals surface area contributed by atoms with Crippen molar-refractivity contribution >= 4 is 65.2 Å². The van der Waals surface area contributed by atoms with E-state index in [1.807, 2.05) is 12.1 Å². The molecular weight excluding hydrogens is 461 g/mol. The second-order valence-corrected chi connectivity index (χ2v) is 6.91. The molecule has 0 amide bonds. The average molecular weight is 468 g/mol. The van der Waals surface area contributed by atoms with Crippen LogP contribution in [-0.2, 0) is 6.42 Å². The van der Waals surface area contributed by atoms with E-state index in [0.717, 1.165) is 14.5 Å². The fourth-order valence-corrected chi connectivity index (χ4v) is 3.49. The van der Waals surface area contributed by atoms with Crippen LogP contribution in [0.5, 0.6) is 0 Å². The lowest BCUT2D eigenvalue weighted by molar-refractivity contribution is 0.0987. The summed E-state index contributed by atoms with van der Waals surface area (Å²) in [6, 6.07) is 7.26. The Kier molecular flexibility index (Phi) is 5.17. The Morgan fingerprint density at radius 2 is 1.89 bits per heavy atom. The Hall–Kier alpha value is -0.230. The van der Waals surface area contributed by atoms with Gasteiger partial charge in [0, 0.05) is 31.1 Å². The number of pyridine rings is 1. The maximum atomic E-state index is 12.2. The third-order valence-corrected chi connectivity index (χ3v) is 4.32. The lowest BCUT2D eigenvalue weighted by Gasteiger charge is -2.06. The van der Waals surface area contributed by atoms with Crippen molar-refractivity contribution in [2.24, 2.45) is 0 Å². The van der Waals surface area contributed by atoms with E-state index in [4.69, 9.17) is 11.6 Å². The van der Waals surface area contributed by atoms with Crippen LogP contribution >= 0.6 is 59.4 Å². The molecule has 0 saturated heterocycles. The number of rotatable bonds is 3. The van der Waals surface area contributed by atoms with Crippen LogP contribution in [0.4, 0.5) is 0 Å². The molecule has 98 valence electrons. The molecule has 0 aliphatic heterocycles. The van der Waals surface area contributed by atoms with Gasteiger partial charge in [0.05, 0.1) is 0 Å². The molecule has 0 aliphatic carbocycles. The summed E-state index contributed by atoms with van der Waals surface area (Å²) in [5, 5.41) is 0.566. The average Bonchev–Trinajstić information content (AvgIpc) is 2.32. The van der Waals surface area contributed by atoms with Crippen LogP contribution in [0, 0.1) is 0 Å². The number of carbonyl (C=O) groups is 1. The lowest BCUT2D eigenvalue weighted by atomic mass is 10.1. The summed E-state index contributed by atoms with van der Waals surface area (Å²) in [7, 11) is 0. The number of hydrogen-bond donors (Lipinski definition) is 0. The summed E-state index contributed by atoms with van der Waals surface area (Å²) in [5.74, 6) is -0.0800. The molecule has 0 spiro atoms. The number of benzene rings is 1. The maximum Gasteiger partial charge on any atom is 0.186 e. The highest BCUT2D eigenvalue weighted by Crippen LogP contribution is 2.25. The Balaban J connectivity index is 2.25. The van der Waals surface area contributed by atoms with Gasteiger partial charge in [0.1, 0.15) is 5.69 Å². The molecule has 0 N–H and O–H groups in total. The molecule has 0 aliphatic rings. The van der Waals surface area contributed by atoms with E-state index in [1.165, 1.54) is 0 Å². The number of carbonyl (C=O) groups excluding carboxylic acids is 1. The minimum Gasteiger partial charge on any atom is -0.292 e. The second kappa shape index (κ2) is 6.48. The summed E-state index contributed by atoms with van der Waals surface area (Å²) in [6.07, 6.45) is 1.82. The first-order valence-corrected chi connectivity index (χ1v) is 8.01. The quantitative estimate of drug-likeness (QED) is 0.561. The monoisotopic (exact) mass is 465 g/mol. The van der Waals surface area contributed by atoms with E-state index in [9.17, 15) is 4.79 Å². The van der Waals surface area contributed by atoms with Crippen LogP contribution in [0.1, 0.15) is 16.1 Å². The molecule has 0 unspecified atom stereocenters. The number of ketones is 1. The van der Waals surface area contributed by atoms with E-state index in [1.54, 1.807) is 18.3 Å². The van der Waals surface area contributed by atoms with Crippen LogP contribution in [-0.4, -0.2) is 10.8 Å². The van der Waals surface area contributed by atoms with Crippen LogP contribution < -0.4 is 0 Å². The molecule has 2 rings (SSSR count). The van der Waals surface area contributed by atoms with E-state index in [2.05, 4.69) is 52.8 Å². The van der Waals surface area contributed by atoms with E-state index in [0.29, 0.717) is 15.2 Å². The van der Waals surface area contributed by atoms with Crippen molar-refractivity contribution in [2.75, 3.05) is 0 Å². The fourth-order valence-electron chi connectivity index (χ4n) is 1.54. The first-order valence-electron chi connectivity index (χ1n) is 5.25. The Labute approximate surface area is 141 Å². The van der Waals surface area contributed by atoms with Gasteiger partial charge >= 0.3 is 0 Å². The van der Waals surface area contributed by atoms with Crippen LogP contribution in [0.2, 0.25) is 5.02 Å². The first-order chi connectivity index (χ1) is 8.97. The zero-order valence-corrected chi connectivity index (χ0v) is 15.0. The van der Waals surface area contributed by atoms with Crippen molar-refractivity contribution in [3.8, 4) is 0 Å². The minimum atomic E-state index is -0.0800. The predicted molar refractivity (Wildman–Crippen MR) is 86.8 cm³/mol. The fraction of sp³-hybridized carbons (Fsp3) is 0.0769. The SMILES string of the molecule is O=C(Cc1ccc(Br)cc1Cl)c1ncc(Br)cc1Br. The minimum absolute atomic E-state index is 0.0800. The number of halogens is 4. The van der Waals surface area contributed by atoms with Gasteiger partial charge in [0.2, 0.25) is 0 Å². The summed E-state index contributed by atoms with van der Waals surface area (Å²) >= 11 is 16.1. The van der Waals surface area contributed by atoms with E-state index in [-0.39, 0.29) is 12.2 Å². The molecular formula is C13H7Br3ClNO. The van der Waals surface area contributed by atoms with Gasteiger partial charge in [-0.25, -0.2) is 0 Å². The topological polar surface area (TPSA) is 30.0 Å². The number of hydrogen-bond acceptors (Lipinski definition) is 2. The van der Waals surface area contributed by atoms with Crippen LogP contribution in [0.15, 0.2) is 43.9 Å². The Bertz CT molecular complexity index is 646. The highest BCUT2D eigenvalue weighted by atomic mass is 79.9. The summed E-state index contributed by atoms with van der Waals surface area (Å²) < 4.78 is 2.37. The van der Waals surface area contributed by atoms with Crippen molar-refractivity contribution < 1.29 is 4.79 Å². The molecule has 0 atom stereocenters. The normalized spacial score (nSPS) is 10.5. The van der Waals surface area contributed by atoms with Gasteiger partial charge < -0.3 is 0 Å². The largest absolute Gasteiger partial charge is 0.292 e. The van der Waals surface area contributed by atoms with E-state index < -0.39 is 0 Å². The van der Waals surface area contributed by atoms with Crippen molar-refractivity contribution in [1.29, 1.82) is 0 Å². The van der Waals surface area contributed by atoms with Gasteiger partial charge in [0.15, 0.2) is 5.78 Å². The highest BCUT2D eigenvalue weighted by molar-refractivity contribution is 9.11. The predicted octanol–water partition coefficient (Wildman–Crippen LogP) is 5.45. The summed E-state index contributed by atoms with van der Waals surface area (Å²) in [6.45, 7) is 0. The number of aromatic nitrogens is 1. The van der Waals surface area contributed by atoms with Crippen molar-refractivity contribution in [2.45, 2.75) is 6.42 Å². The third kappa shape index (κ3) is 3.88. The maximum absolute atomic E-state index is 12.2. The molecule has 1 heterocycles. The standard InChI is InChI=1S/C13H7Br3ClNO/c14-8-2-1-7(11(17)5-8)3-12(19)13-10(16)4-9(15)6-18-13/h1-2,4-6H,3H2. The Morgan fingerprint density at radius 1 is 1.16 bits per heavy atom. The number of Topliss-reactive ketones (excluding diaryl/α,β-unsaturated/α-hetero) is 1. The molecule has 6 heteroatoms. The summed E-state index contributed by atoms with van der Waals surface area (Å²) in [4.78, 5) is 16.3. The smallest absolute Gasteiger partial charge is 0.186 e. The molecule has 0 bridgehead atoms. The molecule has 0 saturated carbocycles. The van der Waals surface area contributed by atoms with Gasteiger partial charge in [-0.15, -0.1) is 0 Å². The zero-order valence-electron chi connectivity index (χ0n) is 9.46. The van der Waals surface area contributed by atoms with Gasteiger partial charge in [-0.05, 0) is 55.6 Å². The molecule has 0 fully saturated rings. The molecule has 19 heavy (non-hydrogen) atoms. The Morgan fingerprint density at radius 3 is 2.53 bits per heavy atom. The van der Waals surface area contributed by atoms with Gasteiger partial charge in [-0.3, -0.25) is 9.78 Å². The van der Waals surface area contributed by atoms with Gasteiger partial charge in [0.25, 0.3) is 0 Å². The third-order valence-electron chi connectivity index (χ3n) is 2.44. The zero-order chi connectivity index (χ0) is 14.0. The van der Waals surface area contributed by atoms with Gasteiger partial charge in [-0.2, -0.15) is 0 Å². The van der Waals surface area contributed by atoms with Crippen LogP contribution in [0.25, 0.3) is 0 Å². The van der Waals surface area contributed by atoms with Crippen molar-refractivity contribution in [3.05, 3.63) is 60.2 Å². The second-order valence-electron chi connectivity index (χ2n) is 3.82. The molecule has 1 aromatic heterocycles. The van der Waals surface area contributed by atoms with Crippen molar-refractivity contribution in [3.63, 3.8) is 0 Å². The first kappa shape index (κ1) is 15.2. The molecule has 1 aromatic carbocycles. The van der Waals surface area contributed by atoms with Crippen LogP contribution in [0.3, 0.4) is 0 Å². The highest BCUT2D eigenvalue weighted by Gasteiger charge is 2.14. The van der Waals surface area contributed by atoms with Crippen molar-refractivity contribution in [1.82, 2.24) is 4.98 Å². The van der Waals surface area contributed by atoms with E-state index >= 15 is 0 Å². The molecule has 2 nitrogen and oxygen atoms in total. The lowest BCUT2D eigenvalue weighted by Crippen LogP contribution is -2.07.